The van der Waals surface area contributed by atoms with Gasteiger partial charge in [-0.15, -0.1) is 0 Å². The first kappa shape index (κ1) is 13.6. The molecular weight excluding hydrogens is 242 g/mol. The highest BCUT2D eigenvalue weighted by Gasteiger charge is 2.29. The van der Waals surface area contributed by atoms with E-state index in [-0.39, 0.29) is 17.0 Å². The molecule has 1 aliphatic rings. The van der Waals surface area contributed by atoms with E-state index in [4.69, 9.17) is 5.11 Å². The van der Waals surface area contributed by atoms with Crippen molar-refractivity contribution in [1.82, 2.24) is 5.32 Å². The molecule has 4 heteroatoms. The monoisotopic (exact) mass is 261 g/mol. The molecule has 2 N–H and O–H groups in total. The molecule has 2 rings (SSSR count). The average molecular weight is 261 g/mol. The van der Waals surface area contributed by atoms with Crippen molar-refractivity contribution in [2.24, 2.45) is 0 Å². The minimum Gasteiger partial charge on any atom is -0.478 e. The molecular formula is C15H19NO3. The Bertz CT molecular complexity index is 473. The highest BCUT2D eigenvalue weighted by molar-refractivity contribution is 5.87. The third kappa shape index (κ3) is 3.56. The Hall–Kier alpha value is -1.84. The molecule has 4 nitrogen and oxygen atoms in total. The lowest BCUT2D eigenvalue weighted by molar-refractivity contribution is -0.122. The molecule has 1 amide bonds. The van der Waals surface area contributed by atoms with Crippen molar-refractivity contribution in [3.8, 4) is 0 Å². The standard InChI is InChI=1S/C15H19NO3/c1-15(8-2-3-9-15)16-13(17)10-11-4-6-12(7-5-11)14(18)19/h4-7H,2-3,8-10H2,1H3,(H,16,17)(H,18,19). The zero-order valence-corrected chi connectivity index (χ0v) is 11.1. The number of carboxylic acid groups (broad SMARTS) is 1. The number of carbonyl (C=O) groups is 2. The van der Waals surface area contributed by atoms with Gasteiger partial charge in [-0.3, -0.25) is 4.79 Å². The lowest BCUT2D eigenvalue weighted by Gasteiger charge is -2.25. The predicted molar refractivity (Wildman–Crippen MR) is 72.1 cm³/mol. The number of benzene rings is 1. The molecule has 1 fully saturated rings. The summed E-state index contributed by atoms with van der Waals surface area (Å²) in [6.07, 6.45) is 4.72. The van der Waals surface area contributed by atoms with E-state index in [2.05, 4.69) is 12.2 Å². The minimum atomic E-state index is -0.950. The Morgan fingerprint density at radius 1 is 1.21 bits per heavy atom. The highest BCUT2D eigenvalue weighted by atomic mass is 16.4. The van der Waals surface area contributed by atoms with Crippen LogP contribution in [-0.4, -0.2) is 22.5 Å². The van der Waals surface area contributed by atoms with Gasteiger partial charge in [-0.05, 0) is 37.5 Å². The van der Waals surface area contributed by atoms with Crippen LogP contribution in [0, 0.1) is 0 Å². The van der Waals surface area contributed by atoms with E-state index in [0.29, 0.717) is 6.42 Å². The summed E-state index contributed by atoms with van der Waals surface area (Å²) in [5, 5.41) is 11.9. The topological polar surface area (TPSA) is 66.4 Å². The van der Waals surface area contributed by atoms with Gasteiger partial charge in [-0.1, -0.05) is 25.0 Å². The summed E-state index contributed by atoms with van der Waals surface area (Å²) in [6.45, 7) is 2.09. The number of hydrogen-bond donors (Lipinski definition) is 2. The van der Waals surface area contributed by atoms with E-state index in [1.807, 2.05) is 0 Å². The van der Waals surface area contributed by atoms with Crippen LogP contribution in [0.2, 0.25) is 0 Å². The third-order valence-corrected chi connectivity index (χ3v) is 3.71. The molecule has 0 radical (unpaired) electrons. The Kier molecular flexibility index (Phi) is 3.88. The van der Waals surface area contributed by atoms with Gasteiger partial charge in [0.05, 0.1) is 12.0 Å². The number of carbonyl (C=O) groups excluding carboxylic acids is 1. The van der Waals surface area contributed by atoms with Crippen LogP contribution in [0.15, 0.2) is 24.3 Å². The number of rotatable bonds is 4. The van der Waals surface area contributed by atoms with E-state index in [9.17, 15) is 9.59 Å². The van der Waals surface area contributed by atoms with E-state index in [1.165, 1.54) is 25.0 Å². The van der Waals surface area contributed by atoms with Crippen molar-refractivity contribution >= 4 is 11.9 Å². The van der Waals surface area contributed by atoms with Gasteiger partial charge in [-0.2, -0.15) is 0 Å². The molecule has 1 saturated carbocycles. The summed E-state index contributed by atoms with van der Waals surface area (Å²) < 4.78 is 0. The number of nitrogens with one attached hydrogen (secondary N) is 1. The number of hydrogen-bond acceptors (Lipinski definition) is 2. The fraction of sp³-hybridized carbons (Fsp3) is 0.467. The van der Waals surface area contributed by atoms with Gasteiger partial charge in [0, 0.05) is 5.54 Å². The van der Waals surface area contributed by atoms with Crippen LogP contribution in [0.25, 0.3) is 0 Å². The summed E-state index contributed by atoms with van der Waals surface area (Å²) in [6, 6.07) is 6.45. The fourth-order valence-electron chi connectivity index (χ4n) is 2.61. The average Bonchev–Trinajstić information content (AvgIpc) is 2.76. The second kappa shape index (κ2) is 5.43. The number of aromatic carboxylic acids is 1. The Balaban J connectivity index is 1.93. The molecule has 0 saturated heterocycles. The zero-order valence-electron chi connectivity index (χ0n) is 11.1. The van der Waals surface area contributed by atoms with Gasteiger partial charge in [0.1, 0.15) is 0 Å². The number of carboxylic acids is 1. The van der Waals surface area contributed by atoms with E-state index in [1.54, 1.807) is 12.1 Å². The Labute approximate surface area is 112 Å². The van der Waals surface area contributed by atoms with Crippen LogP contribution < -0.4 is 5.32 Å². The van der Waals surface area contributed by atoms with Crippen LogP contribution in [-0.2, 0) is 11.2 Å². The van der Waals surface area contributed by atoms with Crippen LogP contribution in [0.3, 0.4) is 0 Å². The maximum absolute atomic E-state index is 12.0. The summed E-state index contributed by atoms with van der Waals surface area (Å²) in [7, 11) is 0. The van der Waals surface area contributed by atoms with Crippen LogP contribution in [0.4, 0.5) is 0 Å². The third-order valence-electron chi connectivity index (χ3n) is 3.71. The lowest BCUT2D eigenvalue weighted by Crippen LogP contribution is -2.44. The van der Waals surface area contributed by atoms with Gasteiger partial charge in [0.2, 0.25) is 5.91 Å². The van der Waals surface area contributed by atoms with Gasteiger partial charge < -0.3 is 10.4 Å². The van der Waals surface area contributed by atoms with Gasteiger partial charge in [-0.25, -0.2) is 4.79 Å². The second-order valence-corrected chi connectivity index (χ2v) is 5.49. The molecule has 1 aliphatic carbocycles. The fourth-order valence-corrected chi connectivity index (χ4v) is 2.61. The van der Waals surface area contributed by atoms with Crippen molar-refractivity contribution in [3.05, 3.63) is 35.4 Å². The molecule has 19 heavy (non-hydrogen) atoms. The zero-order chi connectivity index (χ0) is 13.9. The Morgan fingerprint density at radius 3 is 2.32 bits per heavy atom. The SMILES string of the molecule is CC1(NC(=O)Cc2ccc(C(=O)O)cc2)CCCC1. The highest BCUT2D eigenvalue weighted by Crippen LogP contribution is 2.28. The molecule has 102 valence electrons. The molecule has 0 bridgehead atoms. The summed E-state index contributed by atoms with van der Waals surface area (Å²) in [5.41, 5.74) is 1.02. The molecule has 0 atom stereocenters. The predicted octanol–water partition coefficient (Wildman–Crippen LogP) is 2.38. The molecule has 0 aromatic heterocycles. The Morgan fingerprint density at radius 2 is 1.79 bits per heavy atom. The van der Waals surface area contributed by atoms with Gasteiger partial charge in [0.25, 0.3) is 0 Å². The van der Waals surface area contributed by atoms with Crippen LogP contribution >= 0.6 is 0 Å². The van der Waals surface area contributed by atoms with Crippen molar-refractivity contribution in [2.45, 2.75) is 44.6 Å². The first-order chi connectivity index (χ1) is 8.98. The molecule has 1 aromatic carbocycles. The molecule has 0 unspecified atom stereocenters. The summed E-state index contributed by atoms with van der Waals surface area (Å²) >= 11 is 0. The quantitative estimate of drug-likeness (QED) is 0.874. The van der Waals surface area contributed by atoms with Crippen molar-refractivity contribution in [2.75, 3.05) is 0 Å². The summed E-state index contributed by atoms with van der Waals surface area (Å²) in [4.78, 5) is 22.7. The normalized spacial score (nSPS) is 17.1. The van der Waals surface area contributed by atoms with Crippen molar-refractivity contribution in [1.29, 1.82) is 0 Å². The van der Waals surface area contributed by atoms with Gasteiger partial charge >= 0.3 is 5.97 Å². The van der Waals surface area contributed by atoms with Crippen LogP contribution in [0.5, 0.6) is 0 Å². The molecule has 1 aromatic rings. The van der Waals surface area contributed by atoms with Crippen molar-refractivity contribution < 1.29 is 14.7 Å². The molecule has 0 aliphatic heterocycles. The van der Waals surface area contributed by atoms with E-state index in [0.717, 1.165) is 18.4 Å². The van der Waals surface area contributed by atoms with Crippen LogP contribution in [0.1, 0.15) is 48.5 Å². The maximum atomic E-state index is 12.0. The van der Waals surface area contributed by atoms with E-state index >= 15 is 0 Å². The van der Waals surface area contributed by atoms with Gasteiger partial charge in [0.15, 0.2) is 0 Å². The van der Waals surface area contributed by atoms with E-state index < -0.39 is 5.97 Å². The second-order valence-electron chi connectivity index (χ2n) is 5.49. The minimum absolute atomic E-state index is 0.00692. The maximum Gasteiger partial charge on any atom is 0.335 e. The first-order valence-electron chi connectivity index (χ1n) is 6.62. The largest absolute Gasteiger partial charge is 0.478 e. The van der Waals surface area contributed by atoms with Crippen molar-refractivity contribution in [3.63, 3.8) is 0 Å². The first-order valence-corrected chi connectivity index (χ1v) is 6.62. The lowest BCUT2D eigenvalue weighted by atomic mass is 10.00. The molecule has 0 heterocycles. The molecule has 0 spiro atoms. The smallest absolute Gasteiger partial charge is 0.335 e. The summed E-state index contributed by atoms with van der Waals surface area (Å²) in [5.74, 6) is -0.943. The number of amides is 1.